The van der Waals surface area contributed by atoms with Crippen LogP contribution in [0.25, 0.3) is 22.0 Å². The van der Waals surface area contributed by atoms with Crippen molar-refractivity contribution in [3.05, 3.63) is 113 Å². The first kappa shape index (κ1) is 29.3. The van der Waals surface area contributed by atoms with Gasteiger partial charge in [-0.2, -0.15) is 0 Å². The Morgan fingerprint density at radius 2 is 1.81 bits per heavy atom. The molecular formula is C36H36ClN3O2S. The quantitative estimate of drug-likeness (QED) is 0.172. The van der Waals surface area contributed by atoms with E-state index in [2.05, 4.69) is 72.8 Å². The molecule has 1 aliphatic rings. The van der Waals surface area contributed by atoms with Gasteiger partial charge in [0.2, 0.25) is 5.91 Å². The molecule has 220 valence electrons. The van der Waals surface area contributed by atoms with E-state index in [4.69, 9.17) is 22.1 Å². The summed E-state index contributed by atoms with van der Waals surface area (Å²) in [4.78, 5) is 17.9. The van der Waals surface area contributed by atoms with E-state index in [1.165, 1.54) is 32.6 Å². The van der Waals surface area contributed by atoms with Crippen LogP contribution in [0.3, 0.4) is 0 Å². The van der Waals surface area contributed by atoms with Gasteiger partial charge in [-0.25, -0.2) is 0 Å². The van der Waals surface area contributed by atoms with E-state index < -0.39 is 0 Å². The van der Waals surface area contributed by atoms with Gasteiger partial charge in [0, 0.05) is 56.5 Å². The highest BCUT2D eigenvalue weighted by Gasteiger charge is 2.32. The first-order chi connectivity index (χ1) is 20.7. The van der Waals surface area contributed by atoms with Gasteiger partial charge < -0.3 is 15.0 Å². The van der Waals surface area contributed by atoms with Crippen molar-refractivity contribution in [2.75, 3.05) is 0 Å². The van der Waals surface area contributed by atoms with Crippen LogP contribution in [0.2, 0.25) is 5.02 Å². The summed E-state index contributed by atoms with van der Waals surface area (Å²) in [6.45, 7) is 7.62. The Labute approximate surface area is 262 Å². The van der Waals surface area contributed by atoms with Gasteiger partial charge in [0.05, 0.1) is 11.2 Å². The molecule has 0 bridgehead atoms. The summed E-state index contributed by atoms with van der Waals surface area (Å²) >= 11 is 8.12. The Hall–Kier alpha value is -3.74. The fraction of sp³-hybridized carbons (Fsp3) is 0.278. The Morgan fingerprint density at radius 1 is 1.05 bits per heavy atom. The van der Waals surface area contributed by atoms with Crippen LogP contribution in [0, 0.1) is 5.41 Å². The van der Waals surface area contributed by atoms with Crippen LogP contribution in [0.5, 0.6) is 5.75 Å². The standard InChI is InChI=1S/C36H36ClN3O2S/c1-23-17-29-32(42-22-28-14-11-26(20-39-28)25-7-5-4-6-8-25)16-15-30-34(29)35(43-23)31(18-36(2,3)19-33(38)41)40(30)21-24-9-12-27(37)13-10-24/h4-16,20,23H,17-19,21-22H2,1-3H3,(H2,38,41). The van der Waals surface area contributed by atoms with Crippen LogP contribution < -0.4 is 10.5 Å². The number of primary amides is 1. The smallest absolute Gasteiger partial charge is 0.217 e. The van der Waals surface area contributed by atoms with E-state index in [0.717, 1.165) is 40.4 Å². The molecule has 0 spiro atoms. The van der Waals surface area contributed by atoms with E-state index in [9.17, 15) is 4.79 Å². The number of ether oxygens (including phenoxy) is 1. The first-order valence-electron chi connectivity index (χ1n) is 14.7. The van der Waals surface area contributed by atoms with Gasteiger partial charge in [0.1, 0.15) is 12.4 Å². The minimum Gasteiger partial charge on any atom is -0.487 e. The fourth-order valence-electron chi connectivity index (χ4n) is 6.08. The maximum atomic E-state index is 12.0. The molecule has 0 saturated heterocycles. The number of hydrogen-bond acceptors (Lipinski definition) is 4. The molecule has 0 radical (unpaired) electrons. The van der Waals surface area contributed by atoms with Crippen LogP contribution in [0.1, 0.15) is 49.7 Å². The van der Waals surface area contributed by atoms with Crippen molar-refractivity contribution in [3.63, 3.8) is 0 Å². The SMILES string of the molecule is CC1Cc2c(OCc3ccc(-c4ccccc4)cn3)ccc3c2c(c(CC(C)(C)CC(N)=O)n3Cc2ccc(Cl)cc2)S1. The van der Waals surface area contributed by atoms with E-state index in [1.807, 2.05) is 54.4 Å². The second-order valence-corrected chi connectivity index (χ2v) is 14.1. The zero-order valence-corrected chi connectivity index (χ0v) is 26.3. The highest BCUT2D eigenvalue weighted by Crippen LogP contribution is 2.48. The number of nitrogens with two attached hydrogens (primary N) is 1. The molecule has 0 aliphatic carbocycles. The Kier molecular flexibility index (Phi) is 8.25. The molecule has 1 unspecified atom stereocenters. The number of carbonyl (C=O) groups is 1. The van der Waals surface area contributed by atoms with Gasteiger partial charge >= 0.3 is 0 Å². The summed E-state index contributed by atoms with van der Waals surface area (Å²) in [5.41, 5.74) is 13.3. The van der Waals surface area contributed by atoms with E-state index in [0.29, 0.717) is 24.8 Å². The first-order valence-corrected chi connectivity index (χ1v) is 15.9. The number of aromatic nitrogens is 2. The molecule has 0 saturated carbocycles. The van der Waals surface area contributed by atoms with E-state index in [1.54, 1.807) is 0 Å². The van der Waals surface area contributed by atoms with E-state index >= 15 is 0 Å². The Morgan fingerprint density at radius 3 is 2.51 bits per heavy atom. The third-order valence-electron chi connectivity index (χ3n) is 8.02. The van der Waals surface area contributed by atoms with Crippen LogP contribution in [0.15, 0.2) is 90.0 Å². The van der Waals surface area contributed by atoms with Crippen molar-refractivity contribution in [1.29, 1.82) is 0 Å². The van der Waals surface area contributed by atoms with Crippen molar-refractivity contribution < 1.29 is 9.53 Å². The molecule has 3 aromatic carbocycles. The number of halogens is 1. The second kappa shape index (κ2) is 12.1. The Bertz CT molecular complexity index is 1760. The van der Waals surface area contributed by atoms with Gasteiger partial charge in [-0.1, -0.05) is 80.9 Å². The lowest BCUT2D eigenvalue weighted by Crippen LogP contribution is -2.26. The Balaban J connectivity index is 1.37. The van der Waals surface area contributed by atoms with Crippen LogP contribution in [-0.2, 0) is 30.8 Å². The molecule has 2 aromatic heterocycles. The van der Waals surface area contributed by atoms with Crippen LogP contribution >= 0.6 is 23.4 Å². The molecular weight excluding hydrogens is 574 g/mol. The summed E-state index contributed by atoms with van der Waals surface area (Å²) in [5, 5.41) is 2.36. The monoisotopic (exact) mass is 609 g/mol. The highest BCUT2D eigenvalue weighted by molar-refractivity contribution is 8.00. The lowest BCUT2D eigenvalue weighted by atomic mass is 9.84. The summed E-state index contributed by atoms with van der Waals surface area (Å²) in [6.07, 6.45) is 3.89. The molecule has 5 nitrogen and oxygen atoms in total. The second-order valence-electron chi connectivity index (χ2n) is 12.2. The van der Waals surface area contributed by atoms with Crippen molar-refractivity contribution in [2.45, 2.75) is 63.3 Å². The predicted molar refractivity (Wildman–Crippen MR) is 177 cm³/mol. The maximum absolute atomic E-state index is 12.0. The number of amides is 1. The number of thioether (sulfide) groups is 1. The van der Waals surface area contributed by atoms with Gasteiger partial charge in [-0.3, -0.25) is 9.78 Å². The molecule has 43 heavy (non-hydrogen) atoms. The largest absolute Gasteiger partial charge is 0.487 e. The van der Waals surface area contributed by atoms with Gasteiger partial charge in [0.15, 0.2) is 0 Å². The molecule has 1 amide bonds. The third-order valence-corrected chi connectivity index (χ3v) is 9.52. The number of rotatable bonds is 10. The van der Waals surface area contributed by atoms with Crippen LogP contribution in [-0.4, -0.2) is 20.7 Å². The summed E-state index contributed by atoms with van der Waals surface area (Å²) in [5.74, 6) is 0.628. The van der Waals surface area contributed by atoms with Gasteiger partial charge in [-0.05, 0) is 59.7 Å². The van der Waals surface area contributed by atoms with Gasteiger partial charge in [-0.15, -0.1) is 11.8 Å². The van der Waals surface area contributed by atoms with Crippen molar-refractivity contribution in [3.8, 4) is 16.9 Å². The fourth-order valence-corrected chi connectivity index (χ4v) is 7.52. The summed E-state index contributed by atoms with van der Waals surface area (Å²) in [7, 11) is 0. The molecule has 2 N–H and O–H groups in total. The summed E-state index contributed by atoms with van der Waals surface area (Å²) < 4.78 is 8.90. The van der Waals surface area contributed by atoms with E-state index in [-0.39, 0.29) is 11.3 Å². The molecule has 1 atom stereocenters. The number of pyridine rings is 1. The highest BCUT2D eigenvalue weighted by atomic mass is 35.5. The number of nitrogens with zero attached hydrogens (tertiary/aromatic N) is 2. The lowest BCUT2D eigenvalue weighted by molar-refractivity contribution is -0.119. The average molecular weight is 610 g/mol. The molecule has 0 fully saturated rings. The van der Waals surface area contributed by atoms with Crippen molar-refractivity contribution in [2.24, 2.45) is 11.1 Å². The topological polar surface area (TPSA) is 70.1 Å². The molecule has 6 rings (SSSR count). The number of carbonyl (C=O) groups excluding carboxylic acids is 1. The normalized spacial score (nSPS) is 14.7. The maximum Gasteiger partial charge on any atom is 0.217 e. The summed E-state index contributed by atoms with van der Waals surface area (Å²) in [6, 6.07) is 26.7. The minimum atomic E-state index is -0.285. The number of benzene rings is 3. The molecule has 7 heteroatoms. The average Bonchev–Trinajstić information content (AvgIpc) is 3.25. The number of hydrogen-bond donors (Lipinski definition) is 1. The van der Waals surface area contributed by atoms with Gasteiger partial charge in [0.25, 0.3) is 0 Å². The molecule has 3 heterocycles. The van der Waals surface area contributed by atoms with Crippen molar-refractivity contribution in [1.82, 2.24) is 9.55 Å². The predicted octanol–water partition coefficient (Wildman–Crippen LogP) is 8.46. The minimum absolute atomic E-state index is 0.276. The lowest BCUT2D eigenvalue weighted by Gasteiger charge is -2.26. The molecule has 1 aliphatic heterocycles. The zero-order valence-electron chi connectivity index (χ0n) is 24.8. The van der Waals surface area contributed by atoms with Crippen molar-refractivity contribution >= 4 is 40.2 Å². The third kappa shape index (κ3) is 6.46. The molecule has 5 aromatic rings. The van der Waals surface area contributed by atoms with Crippen LogP contribution in [0.4, 0.5) is 0 Å². The zero-order chi connectivity index (χ0) is 30.1.